The van der Waals surface area contributed by atoms with Crippen LogP contribution in [0.4, 0.5) is 0 Å². The van der Waals surface area contributed by atoms with Crippen LogP contribution >= 0.6 is 0 Å². The monoisotopic (exact) mass is 304 g/mol. The van der Waals surface area contributed by atoms with Gasteiger partial charge in [0, 0.05) is 12.8 Å². The van der Waals surface area contributed by atoms with Gasteiger partial charge in [-0.1, -0.05) is 6.42 Å². The number of quaternary nitrogens is 1. The Hall–Kier alpha value is -1.47. The molecule has 21 heavy (non-hydrogen) atoms. The molecule has 0 fully saturated rings. The number of likely N-dealkylation sites (N-methyl/N-ethyl adjacent to an activating group) is 1. The summed E-state index contributed by atoms with van der Waals surface area (Å²) in [5, 5.41) is 27.8. The largest absolute Gasteiger partial charge is 0.481 e. The van der Waals surface area contributed by atoms with Crippen molar-refractivity contribution in [2.75, 3.05) is 27.7 Å². The van der Waals surface area contributed by atoms with E-state index in [1.54, 1.807) is 21.1 Å². The third-order valence-corrected chi connectivity index (χ3v) is 2.99. The van der Waals surface area contributed by atoms with E-state index in [4.69, 9.17) is 10.2 Å². The van der Waals surface area contributed by atoms with Crippen molar-refractivity contribution in [2.24, 2.45) is 0 Å². The van der Waals surface area contributed by atoms with E-state index >= 15 is 0 Å². The highest BCUT2D eigenvalue weighted by molar-refractivity contribution is 5.91. The predicted molar refractivity (Wildman–Crippen MR) is 75.8 cm³/mol. The summed E-state index contributed by atoms with van der Waals surface area (Å²) in [5.74, 6) is -2.59. The standard InChI is InChI=1S/C14H25NO6/c1-15(2,3)10-14(21,9-13(19)20)11(16)7-5-4-6-8-12(17)18/h21H,4-10H2,1-3H3,(H-,17,18,19,20)/p+1. The summed E-state index contributed by atoms with van der Waals surface area (Å²) in [7, 11) is 5.31. The lowest BCUT2D eigenvalue weighted by Crippen LogP contribution is -2.54. The van der Waals surface area contributed by atoms with Crippen molar-refractivity contribution < 1.29 is 34.2 Å². The molecule has 0 aromatic rings. The molecule has 1 atom stereocenters. The summed E-state index contributed by atoms with van der Waals surface area (Å²) in [6.45, 7) is 0.0211. The highest BCUT2D eigenvalue weighted by Crippen LogP contribution is 2.19. The third-order valence-electron chi connectivity index (χ3n) is 2.99. The number of unbranched alkanes of at least 4 members (excludes halogenated alkanes) is 2. The maximum Gasteiger partial charge on any atom is 0.306 e. The van der Waals surface area contributed by atoms with E-state index in [-0.39, 0.29) is 23.9 Å². The smallest absolute Gasteiger partial charge is 0.306 e. The molecule has 0 amide bonds. The highest BCUT2D eigenvalue weighted by Gasteiger charge is 2.42. The molecule has 0 aliphatic heterocycles. The number of aliphatic carboxylic acids is 2. The van der Waals surface area contributed by atoms with Gasteiger partial charge in [0.25, 0.3) is 0 Å². The Balaban J connectivity index is 4.52. The van der Waals surface area contributed by atoms with Gasteiger partial charge in [0.1, 0.15) is 6.54 Å². The number of carboxylic acid groups (broad SMARTS) is 2. The van der Waals surface area contributed by atoms with Crippen molar-refractivity contribution in [1.82, 2.24) is 0 Å². The number of nitrogens with zero attached hydrogens (tertiary/aromatic N) is 1. The lowest BCUT2D eigenvalue weighted by Gasteiger charge is -2.33. The second kappa shape index (κ2) is 8.09. The number of hydrogen-bond donors (Lipinski definition) is 3. The van der Waals surface area contributed by atoms with Crippen molar-refractivity contribution in [3.8, 4) is 0 Å². The van der Waals surface area contributed by atoms with Crippen LogP contribution < -0.4 is 0 Å². The highest BCUT2D eigenvalue weighted by atomic mass is 16.4. The van der Waals surface area contributed by atoms with E-state index in [2.05, 4.69) is 0 Å². The zero-order chi connectivity index (χ0) is 16.7. The van der Waals surface area contributed by atoms with Gasteiger partial charge in [-0.05, 0) is 12.8 Å². The molecule has 7 heteroatoms. The number of carbonyl (C=O) groups is 3. The van der Waals surface area contributed by atoms with Crippen LogP contribution in [0, 0.1) is 0 Å². The van der Waals surface area contributed by atoms with Crippen molar-refractivity contribution in [1.29, 1.82) is 0 Å². The van der Waals surface area contributed by atoms with E-state index in [1.807, 2.05) is 0 Å². The summed E-state index contributed by atoms with van der Waals surface area (Å²) in [6.07, 6.45) is 0.971. The van der Waals surface area contributed by atoms with Gasteiger partial charge in [-0.2, -0.15) is 0 Å². The molecule has 122 valence electrons. The maximum atomic E-state index is 12.1. The molecule has 0 saturated carbocycles. The fraction of sp³-hybridized carbons (Fsp3) is 0.786. The Morgan fingerprint density at radius 1 is 0.905 bits per heavy atom. The number of hydrogen-bond acceptors (Lipinski definition) is 4. The third kappa shape index (κ3) is 9.14. The molecule has 0 aliphatic carbocycles. The fourth-order valence-corrected chi connectivity index (χ4v) is 2.25. The van der Waals surface area contributed by atoms with Crippen LogP contribution in [0.25, 0.3) is 0 Å². The van der Waals surface area contributed by atoms with E-state index in [9.17, 15) is 19.5 Å². The molecular weight excluding hydrogens is 278 g/mol. The summed E-state index contributed by atoms with van der Waals surface area (Å²) in [5.41, 5.74) is -1.88. The predicted octanol–water partition coefficient (Wildman–Crippen LogP) is 0.503. The Morgan fingerprint density at radius 3 is 1.86 bits per heavy atom. The number of Topliss-reactive ketones (excluding diaryl/α,β-unsaturated/α-hetero) is 1. The number of ketones is 1. The van der Waals surface area contributed by atoms with Crippen molar-refractivity contribution in [3.63, 3.8) is 0 Å². The molecule has 0 radical (unpaired) electrons. The molecule has 7 nitrogen and oxygen atoms in total. The topological polar surface area (TPSA) is 112 Å². The summed E-state index contributed by atoms with van der Waals surface area (Å²) < 4.78 is 0.272. The molecule has 0 aromatic heterocycles. The normalized spacial score (nSPS) is 14.5. The molecule has 0 bridgehead atoms. The Bertz CT molecular complexity index is 387. The average Bonchev–Trinajstić information content (AvgIpc) is 2.23. The first-order valence-electron chi connectivity index (χ1n) is 6.96. The first-order chi connectivity index (χ1) is 9.46. The van der Waals surface area contributed by atoms with Gasteiger partial charge < -0.3 is 19.8 Å². The summed E-state index contributed by atoms with van der Waals surface area (Å²) >= 11 is 0. The maximum absolute atomic E-state index is 12.1. The molecule has 0 heterocycles. The first kappa shape index (κ1) is 19.5. The minimum atomic E-state index is -1.88. The lowest BCUT2D eigenvalue weighted by molar-refractivity contribution is -0.875. The zero-order valence-electron chi connectivity index (χ0n) is 13.0. The number of rotatable bonds is 11. The summed E-state index contributed by atoms with van der Waals surface area (Å²) in [6, 6.07) is 0. The van der Waals surface area contributed by atoms with Crippen LogP contribution in [-0.2, 0) is 14.4 Å². The van der Waals surface area contributed by atoms with E-state index in [0.29, 0.717) is 19.3 Å². The van der Waals surface area contributed by atoms with E-state index in [0.717, 1.165) is 0 Å². The van der Waals surface area contributed by atoms with Crippen LogP contribution in [-0.4, -0.2) is 70.8 Å². The number of carbonyl (C=O) groups excluding carboxylic acids is 1. The SMILES string of the molecule is C[N+](C)(C)CC(O)(CC(=O)O)C(=O)CCCCCC(=O)O. The minimum absolute atomic E-state index is 0.0211. The number of aliphatic hydroxyl groups is 1. The average molecular weight is 304 g/mol. The fourth-order valence-electron chi connectivity index (χ4n) is 2.25. The molecule has 0 rings (SSSR count). The van der Waals surface area contributed by atoms with Crippen LogP contribution in [0.5, 0.6) is 0 Å². The van der Waals surface area contributed by atoms with Gasteiger partial charge in [0.2, 0.25) is 0 Å². The lowest BCUT2D eigenvalue weighted by atomic mass is 9.89. The van der Waals surface area contributed by atoms with E-state index in [1.165, 1.54) is 0 Å². The van der Waals surface area contributed by atoms with Gasteiger partial charge in [0.05, 0.1) is 27.6 Å². The molecule has 3 N–H and O–H groups in total. The van der Waals surface area contributed by atoms with Gasteiger partial charge >= 0.3 is 11.9 Å². The van der Waals surface area contributed by atoms with Gasteiger partial charge in [0.15, 0.2) is 11.4 Å². The molecule has 0 saturated heterocycles. The zero-order valence-corrected chi connectivity index (χ0v) is 13.0. The second-order valence-electron chi connectivity index (χ2n) is 6.43. The Kier molecular flexibility index (Phi) is 7.52. The second-order valence-corrected chi connectivity index (χ2v) is 6.43. The van der Waals surface area contributed by atoms with Gasteiger partial charge in [-0.25, -0.2) is 0 Å². The Labute approximate surface area is 124 Å². The Morgan fingerprint density at radius 2 is 1.43 bits per heavy atom. The summed E-state index contributed by atoms with van der Waals surface area (Å²) in [4.78, 5) is 33.4. The molecular formula is C14H26NO6+. The minimum Gasteiger partial charge on any atom is -0.481 e. The molecule has 1 unspecified atom stereocenters. The van der Waals surface area contributed by atoms with Crippen LogP contribution in [0.3, 0.4) is 0 Å². The van der Waals surface area contributed by atoms with Gasteiger partial charge in [-0.15, -0.1) is 0 Å². The van der Waals surface area contributed by atoms with Crippen molar-refractivity contribution in [2.45, 2.75) is 44.1 Å². The van der Waals surface area contributed by atoms with Crippen LogP contribution in [0.15, 0.2) is 0 Å². The van der Waals surface area contributed by atoms with E-state index < -0.39 is 29.7 Å². The molecule has 0 aliphatic rings. The van der Waals surface area contributed by atoms with Crippen LogP contribution in [0.1, 0.15) is 38.5 Å². The number of carboxylic acids is 2. The first-order valence-corrected chi connectivity index (χ1v) is 6.96. The molecule has 0 spiro atoms. The van der Waals surface area contributed by atoms with Crippen molar-refractivity contribution in [3.05, 3.63) is 0 Å². The molecule has 0 aromatic carbocycles. The quantitative estimate of drug-likeness (QED) is 0.378. The van der Waals surface area contributed by atoms with Crippen LogP contribution in [0.2, 0.25) is 0 Å². The van der Waals surface area contributed by atoms with Gasteiger partial charge in [-0.3, -0.25) is 14.4 Å². The van der Waals surface area contributed by atoms with Crippen molar-refractivity contribution >= 4 is 17.7 Å².